The lowest BCUT2D eigenvalue weighted by atomic mass is 9.90. The Morgan fingerprint density at radius 2 is 2.23 bits per heavy atom. The maximum absolute atomic E-state index is 11.2. The number of rotatable bonds is 2. The van der Waals surface area contributed by atoms with Crippen molar-refractivity contribution in [2.75, 3.05) is 13.1 Å². The van der Waals surface area contributed by atoms with E-state index in [4.69, 9.17) is 0 Å². The van der Waals surface area contributed by atoms with E-state index in [1.807, 2.05) is 4.90 Å². The predicted octanol–water partition coefficient (Wildman–Crippen LogP) is 2.29. The lowest BCUT2D eigenvalue weighted by Gasteiger charge is -2.32. The second kappa shape index (κ2) is 4.64. The zero-order valence-electron chi connectivity index (χ0n) is 9.05. The van der Waals surface area contributed by atoms with Crippen LogP contribution in [0.3, 0.4) is 0 Å². The highest BCUT2D eigenvalue weighted by molar-refractivity contribution is 5.73. The largest absolute Gasteiger partial charge is 0.343 e. The SMILES string of the molecule is CC(=O)N1CCCC(CC(C)C)C1. The smallest absolute Gasteiger partial charge is 0.219 e. The number of piperidine rings is 1. The van der Waals surface area contributed by atoms with Crippen molar-refractivity contribution in [3.05, 3.63) is 0 Å². The van der Waals surface area contributed by atoms with Gasteiger partial charge in [-0.05, 0) is 31.1 Å². The van der Waals surface area contributed by atoms with Crippen LogP contribution < -0.4 is 0 Å². The third kappa shape index (κ3) is 3.37. The summed E-state index contributed by atoms with van der Waals surface area (Å²) < 4.78 is 0. The van der Waals surface area contributed by atoms with E-state index in [2.05, 4.69) is 13.8 Å². The van der Waals surface area contributed by atoms with Crippen molar-refractivity contribution in [1.82, 2.24) is 4.90 Å². The molecule has 1 atom stereocenters. The van der Waals surface area contributed by atoms with Crippen molar-refractivity contribution in [3.8, 4) is 0 Å². The summed E-state index contributed by atoms with van der Waals surface area (Å²) in [4.78, 5) is 13.2. The number of hydrogen-bond donors (Lipinski definition) is 0. The van der Waals surface area contributed by atoms with E-state index in [1.54, 1.807) is 6.92 Å². The standard InChI is InChI=1S/C11H21NO/c1-9(2)7-11-5-4-6-12(8-11)10(3)13/h9,11H,4-8H2,1-3H3. The summed E-state index contributed by atoms with van der Waals surface area (Å²) >= 11 is 0. The zero-order chi connectivity index (χ0) is 9.84. The maximum atomic E-state index is 11.2. The molecule has 0 N–H and O–H groups in total. The Kier molecular flexibility index (Phi) is 3.76. The van der Waals surface area contributed by atoms with Crippen LogP contribution in [-0.4, -0.2) is 23.9 Å². The van der Waals surface area contributed by atoms with E-state index in [9.17, 15) is 4.79 Å². The van der Waals surface area contributed by atoms with Crippen molar-refractivity contribution in [3.63, 3.8) is 0 Å². The van der Waals surface area contributed by atoms with Crippen LogP contribution in [0.25, 0.3) is 0 Å². The lowest BCUT2D eigenvalue weighted by molar-refractivity contribution is -0.130. The lowest BCUT2D eigenvalue weighted by Crippen LogP contribution is -2.38. The molecule has 0 aromatic carbocycles. The molecular formula is C11H21NO. The molecule has 1 amide bonds. The highest BCUT2D eigenvalue weighted by atomic mass is 16.2. The second-order valence-electron chi connectivity index (χ2n) is 4.60. The number of carbonyl (C=O) groups excluding carboxylic acids is 1. The third-order valence-corrected chi connectivity index (χ3v) is 2.77. The average molecular weight is 183 g/mol. The van der Waals surface area contributed by atoms with Crippen LogP contribution in [0.5, 0.6) is 0 Å². The molecule has 0 aromatic rings. The molecule has 1 fully saturated rings. The Balaban J connectivity index is 2.37. The van der Waals surface area contributed by atoms with Gasteiger partial charge in [-0.3, -0.25) is 4.79 Å². The predicted molar refractivity (Wildman–Crippen MR) is 54.4 cm³/mol. The number of nitrogens with zero attached hydrogens (tertiary/aromatic N) is 1. The first kappa shape index (κ1) is 10.6. The van der Waals surface area contributed by atoms with Crippen molar-refractivity contribution in [2.24, 2.45) is 11.8 Å². The van der Waals surface area contributed by atoms with E-state index in [-0.39, 0.29) is 5.91 Å². The Morgan fingerprint density at radius 3 is 2.77 bits per heavy atom. The van der Waals surface area contributed by atoms with Crippen LogP contribution in [0.1, 0.15) is 40.0 Å². The number of likely N-dealkylation sites (tertiary alicyclic amines) is 1. The average Bonchev–Trinajstić information content (AvgIpc) is 2.03. The molecule has 0 aliphatic carbocycles. The monoisotopic (exact) mass is 183 g/mol. The van der Waals surface area contributed by atoms with Gasteiger partial charge >= 0.3 is 0 Å². The van der Waals surface area contributed by atoms with Crippen LogP contribution in [0.2, 0.25) is 0 Å². The van der Waals surface area contributed by atoms with Crippen molar-refractivity contribution < 1.29 is 4.79 Å². The van der Waals surface area contributed by atoms with Gasteiger partial charge in [0.15, 0.2) is 0 Å². The molecule has 76 valence electrons. The van der Waals surface area contributed by atoms with Crippen LogP contribution in [0.4, 0.5) is 0 Å². The van der Waals surface area contributed by atoms with Crippen LogP contribution in [0.15, 0.2) is 0 Å². The normalized spacial score (nSPS) is 23.7. The summed E-state index contributed by atoms with van der Waals surface area (Å²) in [5.74, 6) is 1.75. The summed E-state index contributed by atoms with van der Waals surface area (Å²) in [5.41, 5.74) is 0. The van der Waals surface area contributed by atoms with Gasteiger partial charge in [0.2, 0.25) is 5.91 Å². The summed E-state index contributed by atoms with van der Waals surface area (Å²) in [6, 6.07) is 0. The number of hydrogen-bond acceptors (Lipinski definition) is 1. The molecule has 2 heteroatoms. The van der Waals surface area contributed by atoms with E-state index in [0.717, 1.165) is 24.9 Å². The summed E-state index contributed by atoms with van der Waals surface area (Å²) in [5, 5.41) is 0. The van der Waals surface area contributed by atoms with E-state index >= 15 is 0 Å². The molecule has 0 bridgehead atoms. The molecule has 0 spiro atoms. The Bertz CT molecular complexity index is 177. The first-order chi connectivity index (χ1) is 6.09. The molecule has 1 aliphatic heterocycles. The molecule has 1 heterocycles. The summed E-state index contributed by atoms with van der Waals surface area (Å²) in [7, 11) is 0. The van der Waals surface area contributed by atoms with Gasteiger partial charge in [0.25, 0.3) is 0 Å². The van der Waals surface area contributed by atoms with Gasteiger partial charge in [-0.15, -0.1) is 0 Å². The van der Waals surface area contributed by atoms with E-state index in [1.165, 1.54) is 19.3 Å². The van der Waals surface area contributed by atoms with Crippen LogP contribution in [-0.2, 0) is 4.79 Å². The number of amides is 1. The van der Waals surface area contributed by atoms with Gasteiger partial charge < -0.3 is 4.90 Å². The van der Waals surface area contributed by atoms with Crippen molar-refractivity contribution in [2.45, 2.75) is 40.0 Å². The Morgan fingerprint density at radius 1 is 1.54 bits per heavy atom. The first-order valence-corrected chi connectivity index (χ1v) is 5.35. The molecular weight excluding hydrogens is 162 g/mol. The fraction of sp³-hybridized carbons (Fsp3) is 0.909. The van der Waals surface area contributed by atoms with Gasteiger partial charge in [-0.2, -0.15) is 0 Å². The third-order valence-electron chi connectivity index (χ3n) is 2.77. The van der Waals surface area contributed by atoms with E-state index in [0.29, 0.717) is 0 Å². The summed E-state index contributed by atoms with van der Waals surface area (Å²) in [6.45, 7) is 8.16. The second-order valence-corrected chi connectivity index (χ2v) is 4.60. The first-order valence-electron chi connectivity index (χ1n) is 5.35. The minimum absolute atomic E-state index is 0.244. The molecule has 1 rings (SSSR count). The minimum atomic E-state index is 0.244. The molecule has 0 radical (unpaired) electrons. The molecule has 1 aliphatic rings. The molecule has 13 heavy (non-hydrogen) atoms. The molecule has 0 aromatic heterocycles. The molecule has 1 unspecified atom stereocenters. The van der Waals surface area contributed by atoms with Gasteiger partial charge in [0, 0.05) is 20.0 Å². The molecule has 0 saturated carbocycles. The van der Waals surface area contributed by atoms with Crippen LogP contribution >= 0.6 is 0 Å². The van der Waals surface area contributed by atoms with Crippen molar-refractivity contribution in [1.29, 1.82) is 0 Å². The Labute approximate surface area is 81.3 Å². The number of carbonyl (C=O) groups is 1. The molecule has 2 nitrogen and oxygen atoms in total. The fourth-order valence-electron chi connectivity index (χ4n) is 2.21. The highest BCUT2D eigenvalue weighted by Gasteiger charge is 2.21. The van der Waals surface area contributed by atoms with Gasteiger partial charge in [-0.25, -0.2) is 0 Å². The quantitative estimate of drug-likeness (QED) is 0.643. The van der Waals surface area contributed by atoms with Gasteiger partial charge in [-0.1, -0.05) is 13.8 Å². The minimum Gasteiger partial charge on any atom is -0.343 e. The maximum Gasteiger partial charge on any atom is 0.219 e. The van der Waals surface area contributed by atoms with Gasteiger partial charge in [0.05, 0.1) is 0 Å². The highest BCUT2D eigenvalue weighted by Crippen LogP contribution is 2.22. The van der Waals surface area contributed by atoms with Gasteiger partial charge in [0.1, 0.15) is 0 Å². The zero-order valence-corrected chi connectivity index (χ0v) is 9.05. The fourth-order valence-corrected chi connectivity index (χ4v) is 2.21. The van der Waals surface area contributed by atoms with Crippen LogP contribution in [0, 0.1) is 11.8 Å². The van der Waals surface area contributed by atoms with E-state index < -0.39 is 0 Å². The van der Waals surface area contributed by atoms with Crippen molar-refractivity contribution >= 4 is 5.91 Å². The Hall–Kier alpha value is -0.530. The summed E-state index contributed by atoms with van der Waals surface area (Å²) in [6.07, 6.45) is 3.77. The topological polar surface area (TPSA) is 20.3 Å². The molecule has 1 saturated heterocycles.